The molecule has 0 saturated carbocycles. The summed E-state index contributed by atoms with van der Waals surface area (Å²) < 4.78 is 5.38. The Morgan fingerprint density at radius 2 is 1.88 bits per heavy atom. The van der Waals surface area contributed by atoms with Crippen molar-refractivity contribution in [1.29, 1.82) is 0 Å². The lowest BCUT2D eigenvalue weighted by Crippen LogP contribution is -2.27. The fourth-order valence-corrected chi connectivity index (χ4v) is 2.45. The number of carbonyl (C=O) groups excluding carboxylic acids is 2. The maximum atomic E-state index is 11.9. The van der Waals surface area contributed by atoms with E-state index < -0.39 is 0 Å². The zero-order valence-electron chi connectivity index (χ0n) is 12.8. The Morgan fingerprint density at radius 1 is 1.17 bits per heavy atom. The van der Waals surface area contributed by atoms with Crippen LogP contribution in [-0.4, -0.2) is 31.6 Å². The van der Waals surface area contributed by atoms with E-state index in [0.29, 0.717) is 29.5 Å². The summed E-state index contributed by atoms with van der Waals surface area (Å²) in [7, 11) is 0. The normalized spacial score (nSPS) is 13.5. The number of anilines is 2. The molecule has 0 aliphatic carbocycles. The molecule has 1 aliphatic rings. The summed E-state index contributed by atoms with van der Waals surface area (Å²) in [6.45, 7) is 1.18. The molecule has 0 unspecified atom stereocenters. The molecule has 0 spiro atoms. The van der Waals surface area contributed by atoms with Crippen LogP contribution >= 0.6 is 11.6 Å². The largest absolute Gasteiger partial charge is 0.484 e. The summed E-state index contributed by atoms with van der Waals surface area (Å²) in [6.07, 6.45) is 0. The highest BCUT2D eigenvalue weighted by molar-refractivity contribution is 6.30. The minimum absolute atomic E-state index is 0.0993. The Labute approximate surface area is 144 Å². The summed E-state index contributed by atoms with van der Waals surface area (Å²) in [5.41, 5.74) is 1.43. The quantitative estimate of drug-likeness (QED) is 0.875. The van der Waals surface area contributed by atoms with Crippen molar-refractivity contribution in [2.45, 2.75) is 0 Å². The minimum atomic E-state index is -0.267. The number of urea groups is 1. The van der Waals surface area contributed by atoms with Gasteiger partial charge in [-0.1, -0.05) is 11.6 Å². The second-order valence-electron chi connectivity index (χ2n) is 5.22. The van der Waals surface area contributed by atoms with Crippen LogP contribution in [0.1, 0.15) is 0 Å². The lowest BCUT2D eigenvalue weighted by atomic mass is 10.2. The smallest absolute Gasteiger partial charge is 0.321 e. The number of rotatable bonds is 5. The van der Waals surface area contributed by atoms with E-state index in [2.05, 4.69) is 10.6 Å². The third-order valence-corrected chi connectivity index (χ3v) is 3.76. The number of hydrogen-bond acceptors (Lipinski definition) is 3. The first-order valence-electron chi connectivity index (χ1n) is 7.45. The molecule has 2 aromatic carbocycles. The van der Waals surface area contributed by atoms with Crippen molar-refractivity contribution in [2.75, 3.05) is 29.9 Å². The first-order chi connectivity index (χ1) is 11.6. The number of ether oxygens (including phenoxy) is 1. The average Bonchev–Trinajstić information content (AvgIpc) is 3.01. The predicted molar refractivity (Wildman–Crippen MR) is 92.8 cm³/mol. The second-order valence-corrected chi connectivity index (χ2v) is 5.66. The van der Waals surface area contributed by atoms with Crippen molar-refractivity contribution in [2.24, 2.45) is 0 Å². The van der Waals surface area contributed by atoms with Crippen LogP contribution in [-0.2, 0) is 4.79 Å². The van der Waals surface area contributed by atoms with Crippen LogP contribution in [0.5, 0.6) is 5.75 Å². The van der Waals surface area contributed by atoms with Gasteiger partial charge in [-0.05, 0) is 48.5 Å². The lowest BCUT2D eigenvalue weighted by Gasteiger charge is -2.14. The number of halogens is 1. The van der Waals surface area contributed by atoms with Crippen molar-refractivity contribution >= 4 is 34.9 Å². The monoisotopic (exact) mass is 345 g/mol. The molecule has 0 atom stereocenters. The van der Waals surface area contributed by atoms with E-state index in [1.807, 2.05) is 0 Å². The van der Waals surface area contributed by atoms with E-state index in [4.69, 9.17) is 16.3 Å². The summed E-state index contributed by atoms with van der Waals surface area (Å²) in [5.74, 6) is 0.307. The Kier molecular flexibility index (Phi) is 4.86. The Hall–Kier alpha value is -2.73. The van der Waals surface area contributed by atoms with Gasteiger partial charge in [0, 0.05) is 29.5 Å². The number of nitrogens with one attached hydrogen (secondary N) is 2. The van der Waals surface area contributed by atoms with Crippen LogP contribution in [0.4, 0.5) is 16.2 Å². The topological polar surface area (TPSA) is 70.7 Å². The molecule has 1 aliphatic heterocycles. The molecule has 3 rings (SSSR count). The molecule has 2 aromatic rings. The highest BCUT2D eigenvalue weighted by Gasteiger charge is 2.20. The van der Waals surface area contributed by atoms with Crippen LogP contribution in [0.25, 0.3) is 0 Å². The minimum Gasteiger partial charge on any atom is -0.484 e. The molecule has 3 amide bonds. The third kappa shape index (κ3) is 3.97. The third-order valence-electron chi connectivity index (χ3n) is 3.50. The standard InChI is InChI=1S/C17H16ClN3O3/c18-12-1-7-15(8-2-12)24-11-16(22)20-13-3-5-14(6-4-13)21-10-9-19-17(21)23/h1-8H,9-11H2,(H,19,23)(H,20,22). The van der Waals surface area contributed by atoms with Gasteiger partial charge in [-0.15, -0.1) is 0 Å². The molecule has 0 radical (unpaired) electrons. The van der Waals surface area contributed by atoms with Gasteiger partial charge in [0.25, 0.3) is 5.91 Å². The summed E-state index contributed by atoms with van der Waals surface area (Å²) in [4.78, 5) is 25.2. The van der Waals surface area contributed by atoms with Gasteiger partial charge in [0.2, 0.25) is 0 Å². The van der Waals surface area contributed by atoms with Crippen molar-refractivity contribution in [3.63, 3.8) is 0 Å². The zero-order chi connectivity index (χ0) is 16.9. The Morgan fingerprint density at radius 3 is 2.50 bits per heavy atom. The van der Waals surface area contributed by atoms with E-state index in [0.717, 1.165) is 5.69 Å². The summed E-state index contributed by atoms with van der Waals surface area (Å²) >= 11 is 5.79. The molecule has 0 aromatic heterocycles. The van der Waals surface area contributed by atoms with Crippen molar-refractivity contribution < 1.29 is 14.3 Å². The van der Waals surface area contributed by atoms with Gasteiger partial charge in [-0.25, -0.2) is 4.79 Å². The number of carbonyl (C=O) groups is 2. The van der Waals surface area contributed by atoms with Gasteiger partial charge < -0.3 is 15.4 Å². The summed E-state index contributed by atoms with van der Waals surface area (Å²) in [6, 6.07) is 13.8. The van der Waals surface area contributed by atoms with Crippen molar-refractivity contribution in [3.05, 3.63) is 53.6 Å². The predicted octanol–water partition coefficient (Wildman–Crippen LogP) is 2.89. The van der Waals surface area contributed by atoms with Crippen LogP contribution in [0.15, 0.2) is 48.5 Å². The first-order valence-corrected chi connectivity index (χ1v) is 7.83. The average molecular weight is 346 g/mol. The lowest BCUT2D eigenvalue weighted by molar-refractivity contribution is -0.118. The summed E-state index contributed by atoms with van der Waals surface area (Å²) in [5, 5.41) is 6.10. The Balaban J connectivity index is 1.52. The number of benzene rings is 2. The molecule has 7 heteroatoms. The second kappa shape index (κ2) is 7.23. The molecule has 124 valence electrons. The van der Waals surface area contributed by atoms with E-state index in [9.17, 15) is 9.59 Å². The van der Waals surface area contributed by atoms with Crippen molar-refractivity contribution in [1.82, 2.24) is 5.32 Å². The molecule has 6 nitrogen and oxygen atoms in total. The molecule has 1 heterocycles. The van der Waals surface area contributed by atoms with Gasteiger partial charge in [-0.2, -0.15) is 0 Å². The van der Waals surface area contributed by atoms with Gasteiger partial charge in [-0.3, -0.25) is 9.69 Å². The molecule has 1 saturated heterocycles. The molecular weight excluding hydrogens is 330 g/mol. The van der Waals surface area contributed by atoms with Crippen molar-refractivity contribution in [3.8, 4) is 5.75 Å². The van der Waals surface area contributed by atoms with Gasteiger partial charge in [0.15, 0.2) is 6.61 Å². The van der Waals surface area contributed by atoms with Crippen LogP contribution in [0, 0.1) is 0 Å². The van der Waals surface area contributed by atoms with Crippen LogP contribution < -0.4 is 20.3 Å². The molecule has 2 N–H and O–H groups in total. The van der Waals surface area contributed by atoms with Gasteiger partial charge in [0.05, 0.1) is 0 Å². The highest BCUT2D eigenvalue weighted by atomic mass is 35.5. The number of nitrogens with zero attached hydrogens (tertiary/aromatic N) is 1. The fourth-order valence-electron chi connectivity index (χ4n) is 2.32. The van der Waals surface area contributed by atoms with E-state index in [1.54, 1.807) is 53.4 Å². The molecule has 0 bridgehead atoms. The van der Waals surface area contributed by atoms with E-state index in [-0.39, 0.29) is 18.5 Å². The Bertz CT molecular complexity index is 732. The van der Waals surface area contributed by atoms with Crippen LogP contribution in [0.2, 0.25) is 5.02 Å². The highest BCUT2D eigenvalue weighted by Crippen LogP contribution is 2.20. The molecule has 1 fully saturated rings. The van der Waals surface area contributed by atoms with Crippen LogP contribution in [0.3, 0.4) is 0 Å². The maximum absolute atomic E-state index is 11.9. The van der Waals surface area contributed by atoms with E-state index >= 15 is 0 Å². The first kappa shape index (κ1) is 16.1. The fraction of sp³-hybridized carbons (Fsp3) is 0.176. The maximum Gasteiger partial charge on any atom is 0.321 e. The molecular formula is C17H16ClN3O3. The number of hydrogen-bond donors (Lipinski definition) is 2. The molecule has 24 heavy (non-hydrogen) atoms. The number of amides is 3. The zero-order valence-corrected chi connectivity index (χ0v) is 13.5. The van der Waals surface area contributed by atoms with E-state index in [1.165, 1.54) is 0 Å². The van der Waals surface area contributed by atoms with Gasteiger partial charge in [0.1, 0.15) is 5.75 Å². The van der Waals surface area contributed by atoms with Gasteiger partial charge >= 0.3 is 6.03 Å². The SMILES string of the molecule is O=C(COc1ccc(Cl)cc1)Nc1ccc(N2CCNC2=O)cc1.